The van der Waals surface area contributed by atoms with Crippen LogP contribution in [0.4, 0.5) is 0 Å². The zero-order chi connectivity index (χ0) is 17.7. The zero-order valence-corrected chi connectivity index (χ0v) is 15.2. The molecule has 2 heterocycles. The fraction of sp³-hybridized carbons (Fsp3) is 0.444. The summed E-state index contributed by atoms with van der Waals surface area (Å²) in [6.45, 7) is 5.07. The summed E-state index contributed by atoms with van der Waals surface area (Å²) in [7, 11) is -3.56. The molecule has 25 heavy (non-hydrogen) atoms. The van der Waals surface area contributed by atoms with Gasteiger partial charge in [0.2, 0.25) is 10.0 Å². The van der Waals surface area contributed by atoms with E-state index in [-0.39, 0.29) is 17.5 Å². The van der Waals surface area contributed by atoms with Crippen LogP contribution in [0, 0.1) is 0 Å². The summed E-state index contributed by atoms with van der Waals surface area (Å²) in [6, 6.07) is 10.5. The Hall–Kier alpha value is -1.67. The van der Waals surface area contributed by atoms with Crippen LogP contribution in [-0.2, 0) is 21.2 Å². The third-order valence-electron chi connectivity index (χ3n) is 4.47. The number of benzene rings is 1. The highest BCUT2D eigenvalue weighted by Gasteiger charge is 2.26. The van der Waals surface area contributed by atoms with Crippen molar-refractivity contribution in [1.82, 2.24) is 9.62 Å². The lowest BCUT2D eigenvalue weighted by Gasteiger charge is -2.33. The summed E-state index contributed by atoms with van der Waals surface area (Å²) >= 11 is 0. The maximum absolute atomic E-state index is 12.6. The van der Waals surface area contributed by atoms with Gasteiger partial charge in [-0.15, -0.1) is 0 Å². The Morgan fingerprint density at radius 1 is 1.16 bits per heavy atom. The minimum absolute atomic E-state index is 0.149. The zero-order valence-electron chi connectivity index (χ0n) is 14.3. The van der Waals surface area contributed by atoms with Gasteiger partial charge in [-0.25, -0.2) is 13.1 Å². The van der Waals surface area contributed by atoms with Crippen LogP contribution in [-0.4, -0.2) is 46.2 Å². The number of nitrogens with zero attached hydrogens (tertiary/aromatic N) is 1. The molecular formula is C18H24N2O4S. The largest absolute Gasteiger partial charge is 0.468 e. The van der Waals surface area contributed by atoms with E-state index >= 15 is 0 Å². The first kappa shape index (κ1) is 18.1. The molecule has 1 aromatic carbocycles. The normalized spacial score (nSPS) is 17.5. The quantitative estimate of drug-likeness (QED) is 0.815. The van der Waals surface area contributed by atoms with E-state index in [1.54, 1.807) is 18.4 Å². The first-order chi connectivity index (χ1) is 12.1. The van der Waals surface area contributed by atoms with Gasteiger partial charge in [0.25, 0.3) is 0 Å². The highest BCUT2D eigenvalue weighted by atomic mass is 32.2. The van der Waals surface area contributed by atoms with Gasteiger partial charge in [0.15, 0.2) is 0 Å². The van der Waals surface area contributed by atoms with Crippen molar-refractivity contribution in [3.05, 3.63) is 54.0 Å². The summed E-state index contributed by atoms with van der Waals surface area (Å²) in [6.07, 6.45) is 2.49. The Balaban J connectivity index is 1.73. The van der Waals surface area contributed by atoms with E-state index in [0.29, 0.717) is 13.2 Å². The van der Waals surface area contributed by atoms with E-state index in [4.69, 9.17) is 9.15 Å². The Morgan fingerprint density at radius 2 is 1.88 bits per heavy atom. The number of hydrogen-bond acceptors (Lipinski definition) is 5. The molecule has 1 atom stereocenters. The maximum atomic E-state index is 12.6. The fourth-order valence-electron chi connectivity index (χ4n) is 2.96. The second kappa shape index (κ2) is 8.14. The van der Waals surface area contributed by atoms with E-state index < -0.39 is 10.0 Å². The SMILES string of the molecule is CCc1ccc(S(=O)(=O)NCC(c2ccco2)N2CCOCC2)cc1. The van der Waals surface area contributed by atoms with Gasteiger partial charge in [0, 0.05) is 19.6 Å². The van der Waals surface area contributed by atoms with Crippen LogP contribution in [0.2, 0.25) is 0 Å². The van der Waals surface area contributed by atoms with Crippen LogP contribution in [0.15, 0.2) is 52.0 Å². The maximum Gasteiger partial charge on any atom is 0.240 e. The van der Waals surface area contributed by atoms with Crippen molar-refractivity contribution in [2.24, 2.45) is 0 Å². The molecule has 1 N–H and O–H groups in total. The Morgan fingerprint density at radius 3 is 2.48 bits per heavy atom. The van der Waals surface area contributed by atoms with Gasteiger partial charge in [-0.1, -0.05) is 19.1 Å². The van der Waals surface area contributed by atoms with Crippen LogP contribution < -0.4 is 4.72 Å². The highest BCUT2D eigenvalue weighted by Crippen LogP contribution is 2.22. The van der Waals surface area contributed by atoms with Crippen molar-refractivity contribution in [3.63, 3.8) is 0 Å². The highest BCUT2D eigenvalue weighted by molar-refractivity contribution is 7.89. The first-order valence-corrected chi connectivity index (χ1v) is 10.0. The number of sulfonamides is 1. The molecule has 0 aliphatic carbocycles. The van der Waals surface area contributed by atoms with Gasteiger partial charge in [-0.2, -0.15) is 0 Å². The van der Waals surface area contributed by atoms with Gasteiger partial charge >= 0.3 is 0 Å². The molecule has 7 heteroatoms. The van der Waals surface area contributed by atoms with Gasteiger partial charge in [0.1, 0.15) is 5.76 Å². The summed E-state index contributed by atoms with van der Waals surface area (Å²) in [5.41, 5.74) is 1.11. The molecule has 1 unspecified atom stereocenters. The van der Waals surface area contributed by atoms with E-state index in [1.165, 1.54) is 0 Å². The number of nitrogens with one attached hydrogen (secondary N) is 1. The second-order valence-electron chi connectivity index (χ2n) is 6.03. The van der Waals surface area contributed by atoms with Crippen molar-refractivity contribution in [1.29, 1.82) is 0 Å². The number of hydrogen-bond donors (Lipinski definition) is 1. The van der Waals surface area contributed by atoms with Crippen molar-refractivity contribution in [2.45, 2.75) is 24.3 Å². The van der Waals surface area contributed by atoms with Crippen LogP contribution >= 0.6 is 0 Å². The average molecular weight is 364 g/mol. The molecular weight excluding hydrogens is 340 g/mol. The molecule has 0 spiro atoms. The molecule has 6 nitrogen and oxygen atoms in total. The van der Waals surface area contributed by atoms with Crippen molar-refractivity contribution >= 4 is 10.0 Å². The summed E-state index contributed by atoms with van der Waals surface area (Å²) in [5.74, 6) is 0.755. The van der Waals surface area contributed by atoms with Gasteiger partial charge in [-0.3, -0.25) is 4.90 Å². The molecule has 1 fully saturated rings. The van der Waals surface area contributed by atoms with Gasteiger partial charge in [-0.05, 0) is 36.2 Å². The lowest BCUT2D eigenvalue weighted by Crippen LogP contribution is -2.43. The van der Waals surface area contributed by atoms with Crippen LogP contribution in [0.25, 0.3) is 0 Å². The summed E-state index contributed by atoms with van der Waals surface area (Å²) in [5, 5.41) is 0. The summed E-state index contributed by atoms with van der Waals surface area (Å²) in [4.78, 5) is 2.47. The predicted octanol–water partition coefficient (Wildman–Crippen LogP) is 2.19. The average Bonchev–Trinajstić information content (AvgIpc) is 3.17. The van der Waals surface area contributed by atoms with E-state index in [1.807, 2.05) is 31.2 Å². The predicted molar refractivity (Wildman–Crippen MR) is 94.8 cm³/mol. The van der Waals surface area contributed by atoms with E-state index in [9.17, 15) is 8.42 Å². The van der Waals surface area contributed by atoms with Crippen molar-refractivity contribution < 1.29 is 17.6 Å². The molecule has 1 aromatic heterocycles. The molecule has 3 rings (SSSR count). The third kappa shape index (κ3) is 4.49. The first-order valence-electron chi connectivity index (χ1n) is 8.54. The fourth-order valence-corrected chi connectivity index (χ4v) is 3.99. The van der Waals surface area contributed by atoms with Gasteiger partial charge < -0.3 is 9.15 Å². The molecule has 0 amide bonds. The Labute approximate surface area is 148 Å². The second-order valence-corrected chi connectivity index (χ2v) is 7.80. The standard InChI is InChI=1S/C18H24N2O4S/c1-2-15-5-7-16(8-6-15)25(21,22)19-14-17(18-4-3-11-24-18)20-9-12-23-13-10-20/h3-8,11,17,19H,2,9-10,12-14H2,1H3. The molecule has 0 saturated carbocycles. The Kier molecular flexibility index (Phi) is 5.90. The van der Waals surface area contributed by atoms with Gasteiger partial charge in [0.05, 0.1) is 30.4 Å². The van der Waals surface area contributed by atoms with Crippen molar-refractivity contribution in [2.75, 3.05) is 32.8 Å². The number of ether oxygens (including phenoxy) is 1. The summed E-state index contributed by atoms with van der Waals surface area (Å²) < 4.78 is 38.9. The monoisotopic (exact) mass is 364 g/mol. The minimum atomic E-state index is -3.56. The number of aryl methyl sites for hydroxylation is 1. The van der Waals surface area contributed by atoms with Crippen LogP contribution in [0.5, 0.6) is 0 Å². The smallest absolute Gasteiger partial charge is 0.240 e. The number of morpholine rings is 1. The van der Waals surface area contributed by atoms with Crippen LogP contribution in [0.3, 0.4) is 0 Å². The van der Waals surface area contributed by atoms with Crippen LogP contribution in [0.1, 0.15) is 24.3 Å². The lowest BCUT2D eigenvalue weighted by atomic mass is 10.2. The van der Waals surface area contributed by atoms with E-state index in [2.05, 4.69) is 9.62 Å². The minimum Gasteiger partial charge on any atom is -0.468 e. The molecule has 136 valence electrons. The molecule has 1 aliphatic rings. The third-order valence-corrected chi connectivity index (χ3v) is 5.91. The molecule has 0 bridgehead atoms. The molecule has 0 radical (unpaired) electrons. The molecule has 2 aromatic rings. The lowest BCUT2D eigenvalue weighted by molar-refractivity contribution is 0.0128. The van der Waals surface area contributed by atoms with Crippen molar-refractivity contribution in [3.8, 4) is 0 Å². The molecule has 1 saturated heterocycles. The number of furan rings is 1. The topological polar surface area (TPSA) is 71.8 Å². The van der Waals surface area contributed by atoms with E-state index in [0.717, 1.165) is 30.8 Å². The number of rotatable bonds is 7. The Bertz CT molecular complexity index is 751. The molecule has 1 aliphatic heterocycles.